The third-order valence-corrected chi connectivity index (χ3v) is 5.02. The summed E-state index contributed by atoms with van der Waals surface area (Å²) in [6, 6.07) is 13.9. The lowest BCUT2D eigenvalue weighted by Gasteiger charge is -2.09. The van der Waals surface area contributed by atoms with E-state index in [4.69, 9.17) is 4.74 Å². The highest BCUT2D eigenvalue weighted by Gasteiger charge is 2.14. The maximum Gasteiger partial charge on any atom is 0.196 e. The fourth-order valence-electron chi connectivity index (χ4n) is 3.31. The topological polar surface area (TPSA) is 46.5 Å². The van der Waals surface area contributed by atoms with E-state index in [1.54, 1.807) is 24.3 Å². The Morgan fingerprint density at radius 3 is 2.07 bits per heavy atom. The van der Waals surface area contributed by atoms with Gasteiger partial charge in [0.1, 0.15) is 11.5 Å². The van der Waals surface area contributed by atoms with E-state index in [1.807, 2.05) is 18.2 Å². The number of phenolic OH excluding ortho intramolecular Hbond substituents is 1. The highest BCUT2D eigenvalue weighted by atomic mass is 16.5. The Morgan fingerprint density at radius 2 is 1.43 bits per heavy atom. The van der Waals surface area contributed by atoms with Gasteiger partial charge in [-0.2, -0.15) is 0 Å². The largest absolute Gasteiger partial charge is 0.507 e. The number of hydrogen-bond acceptors (Lipinski definition) is 3. The molecule has 0 aromatic heterocycles. The quantitative estimate of drug-likeness (QED) is 0.285. The zero-order chi connectivity index (χ0) is 20.0. The van der Waals surface area contributed by atoms with Crippen LogP contribution in [-0.2, 0) is 0 Å². The van der Waals surface area contributed by atoms with Crippen molar-refractivity contribution in [1.82, 2.24) is 0 Å². The number of carbonyl (C=O) groups is 1. The van der Waals surface area contributed by atoms with Crippen molar-refractivity contribution in [2.75, 3.05) is 6.61 Å². The van der Waals surface area contributed by atoms with Crippen LogP contribution in [-0.4, -0.2) is 17.5 Å². The van der Waals surface area contributed by atoms with E-state index in [2.05, 4.69) is 6.92 Å². The van der Waals surface area contributed by atoms with Crippen molar-refractivity contribution in [3.05, 3.63) is 59.7 Å². The second-order valence-electron chi connectivity index (χ2n) is 7.40. The molecule has 0 fully saturated rings. The van der Waals surface area contributed by atoms with Gasteiger partial charge in [0.15, 0.2) is 5.78 Å². The van der Waals surface area contributed by atoms with Crippen molar-refractivity contribution in [3.8, 4) is 11.5 Å². The highest BCUT2D eigenvalue weighted by molar-refractivity contribution is 6.10. The molecule has 0 bridgehead atoms. The minimum atomic E-state index is -0.192. The van der Waals surface area contributed by atoms with Crippen LogP contribution in [0.3, 0.4) is 0 Å². The fraction of sp³-hybridized carbons (Fsp3) is 0.480. The van der Waals surface area contributed by atoms with Gasteiger partial charge < -0.3 is 9.84 Å². The average Bonchev–Trinajstić information content (AvgIpc) is 2.73. The number of ketones is 1. The van der Waals surface area contributed by atoms with Gasteiger partial charge in [-0.15, -0.1) is 0 Å². The Morgan fingerprint density at radius 1 is 0.821 bits per heavy atom. The van der Waals surface area contributed by atoms with Crippen molar-refractivity contribution in [3.63, 3.8) is 0 Å². The summed E-state index contributed by atoms with van der Waals surface area (Å²) >= 11 is 0. The van der Waals surface area contributed by atoms with Crippen LogP contribution >= 0.6 is 0 Å². The molecule has 0 heterocycles. The first kappa shape index (κ1) is 22.0. The van der Waals surface area contributed by atoms with Crippen molar-refractivity contribution in [2.45, 2.75) is 71.1 Å². The number of benzene rings is 2. The van der Waals surface area contributed by atoms with Crippen LogP contribution in [0.2, 0.25) is 0 Å². The number of ether oxygens (including phenoxy) is 1. The molecule has 0 aliphatic rings. The molecule has 0 amide bonds. The smallest absolute Gasteiger partial charge is 0.196 e. The molecule has 2 aromatic rings. The third kappa shape index (κ3) is 7.75. The van der Waals surface area contributed by atoms with Gasteiger partial charge in [-0.25, -0.2) is 0 Å². The summed E-state index contributed by atoms with van der Waals surface area (Å²) in [5.41, 5.74) is 0.844. The van der Waals surface area contributed by atoms with E-state index in [9.17, 15) is 9.90 Å². The first-order chi connectivity index (χ1) is 13.7. The molecule has 0 spiro atoms. The average molecular weight is 383 g/mol. The molecular formula is C25H34O3. The first-order valence-electron chi connectivity index (χ1n) is 10.8. The van der Waals surface area contributed by atoms with E-state index < -0.39 is 0 Å². The van der Waals surface area contributed by atoms with Crippen LogP contribution in [0, 0.1) is 0 Å². The Balaban J connectivity index is 1.67. The zero-order valence-corrected chi connectivity index (χ0v) is 17.2. The van der Waals surface area contributed by atoms with E-state index in [1.165, 1.54) is 63.9 Å². The van der Waals surface area contributed by atoms with Crippen LogP contribution in [0.25, 0.3) is 0 Å². The van der Waals surface area contributed by atoms with Crippen LogP contribution in [0.4, 0.5) is 0 Å². The Labute approximate surface area is 169 Å². The lowest BCUT2D eigenvalue weighted by molar-refractivity contribution is 0.103. The van der Waals surface area contributed by atoms with Crippen LogP contribution in [0.1, 0.15) is 87.1 Å². The minimum Gasteiger partial charge on any atom is -0.507 e. The summed E-state index contributed by atoms with van der Waals surface area (Å²) < 4.78 is 5.80. The monoisotopic (exact) mass is 382 g/mol. The molecule has 0 radical (unpaired) electrons. The molecule has 2 rings (SSSR count). The van der Waals surface area contributed by atoms with Crippen LogP contribution < -0.4 is 4.74 Å². The molecule has 0 aliphatic heterocycles. The van der Waals surface area contributed by atoms with Crippen molar-refractivity contribution < 1.29 is 14.6 Å². The molecule has 3 heteroatoms. The maximum absolute atomic E-state index is 12.6. The molecule has 0 saturated heterocycles. The predicted molar refractivity (Wildman–Crippen MR) is 115 cm³/mol. The minimum absolute atomic E-state index is 0.0138. The van der Waals surface area contributed by atoms with Crippen molar-refractivity contribution in [1.29, 1.82) is 0 Å². The van der Waals surface area contributed by atoms with E-state index in [0.29, 0.717) is 17.9 Å². The second kappa shape index (κ2) is 13.0. The van der Waals surface area contributed by atoms with Gasteiger partial charge in [-0.05, 0) is 24.6 Å². The molecule has 2 aromatic carbocycles. The molecular weight excluding hydrogens is 348 g/mol. The Hall–Kier alpha value is -2.29. The van der Waals surface area contributed by atoms with Gasteiger partial charge >= 0.3 is 0 Å². The first-order valence-corrected chi connectivity index (χ1v) is 10.8. The van der Waals surface area contributed by atoms with Crippen molar-refractivity contribution >= 4 is 5.78 Å². The molecule has 28 heavy (non-hydrogen) atoms. The summed E-state index contributed by atoms with van der Waals surface area (Å²) in [6.45, 7) is 2.89. The molecule has 3 nitrogen and oxygen atoms in total. The van der Waals surface area contributed by atoms with E-state index >= 15 is 0 Å². The van der Waals surface area contributed by atoms with Gasteiger partial charge in [0.05, 0.1) is 12.2 Å². The van der Waals surface area contributed by atoms with Gasteiger partial charge in [0.25, 0.3) is 0 Å². The second-order valence-corrected chi connectivity index (χ2v) is 7.40. The van der Waals surface area contributed by atoms with Crippen molar-refractivity contribution in [2.24, 2.45) is 0 Å². The Kier molecular flexibility index (Phi) is 10.2. The molecule has 152 valence electrons. The summed E-state index contributed by atoms with van der Waals surface area (Å²) in [7, 11) is 0. The number of carbonyl (C=O) groups excluding carboxylic acids is 1. The molecule has 0 saturated carbocycles. The number of unbranched alkanes of at least 4 members (excludes halogenated alkanes) is 9. The van der Waals surface area contributed by atoms with Gasteiger partial charge in [0.2, 0.25) is 0 Å². The highest BCUT2D eigenvalue weighted by Crippen LogP contribution is 2.26. The van der Waals surface area contributed by atoms with Crippen LogP contribution in [0.15, 0.2) is 48.5 Å². The van der Waals surface area contributed by atoms with E-state index in [0.717, 1.165) is 6.42 Å². The summed E-state index contributed by atoms with van der Waals surface area (Å²) in [5, 5.41) is 10.1. The lowest BCUT2D eigenvalue weighted by atomic mass is 10.0. The molecule has 0 unspecified atom stereocenters. The number of phenols is 1. The summed E-state index contributed by atoms with van der Waals surface area (Å²) in [5.74, 6) is 0.427. The summed E-state index contributed by atoms with van der Waals surface area (Å²) in [4.78, 5) is 12.6. The fourth-order valence-corrected chi connectivity index (χ4v) is 3.31. The molecule has 0 aliphatic carbocycles. The third-order valence-electron chi connectivity index (χ3n) is 5.02. The van der Waals surface area contributed by atoms with E-state index in [-0.39, 0.29) is 17.1 Å². The molecule has 1 N–H and O–H groups in total. The lowest BCUT2D eigenvalue weighted by Crippen LogP contribution is -2.03. The number of hydrogen-bond donors (Lipinski definition) is 1. The van der Waals surface area contributed by atoms with Gasteiger partial charge in [-0.1, -0.05) is 95.0 Å². The number of rotatable bonds is 14. The van der Waals surface area contributed by atoms with Crippen LogP contribution in [0.5, 0.6) is 11.5 Å². The van der Waals surface area contributed by atoms with Gasteiger partial charge in [-0.3, -0.25) is 4.79 Å². The molecule has 0 atom stereocenters. The number of aromatic hydroxyl groups is 1. The standard InChI is InChI=1S/C25H34O3/c1-2-3-4-5-6-7-8-9-10-14-19-28-22-17-18-24(26)23(20-22)25(27)21-15-12-11-13-16-21/h11-13,15-18,20,26H,2-10,14,19H2,1H3. The van der Waals surface area contributed by atoms with Gasteiger partial charge in [0, 0.05) is 5.56 Å². The SMILES string of the molecule is CCCCCCCCCCCCOc1ccc(O)c(C(=O)c2ccccc2)c1. The Bertz CT molecular complexity index is 694. The maximum atomic E-state index is 12.6. The predicted octanol–water partition coefficient (Wildman–Crippen LogP) is 6.92. The zero-order valence-electron chi connectivity index (χ0n) is 17.2. The summed E-state index contributed by atoms with van der Waals surface area (Å²) in [6.07, 6.45) is 12.9. The normalized spacial score (nSPS) is 10.8.